The molecule has 5 heteroatoms. The average Bonchev–Trinajstić information content (AvgIpc) is 2.28. The smallest absolute Gasteiger partial charge is 0.269 e. The monoisotopic (exact) mass is 237 g/mol. The molecule has 0 aliphatic heterocycles. The molecule has 0 bridgehead atoms. The summed E-state index contributed by atoms with van der Waals surface area (Å²) >= 11 is 0. The van der Waals surface area contributed by atoms with Gasteiger partial charge in [0.25, 0.3) is 5.69 Å². The molecule has 0 aromatic heterocycles. The van der Waals surface area contributed by atoms with Gasteiger partial charge in [0, 0.05) is 18.7 Å². The van der Waals surface area contributed by atoms with E-state index in [2.05, 4.69) is 10.2 Å². The van der Waals surface area contributed by atoms with Crippen molar-refractivity contribution in [2.24, 2.45) is 0 Å². The van der Waals surface area contributed by atoms with Crippen LogP contribution < -0.4 is 5.32 Å². The molecule has 1 aromatic carbocycles. The number of nitro benzene ring substituents is 1. The first kappa shape index (κ1) is 13.6. The fourth-order valence-electron chi connectivity index (χ4n) is 1.53. The van der Waals surface area contributed by atoms with E-state index in [1.54, 1.807) is 12.1 Å². The highest BCUT2D eigenvalue weighted by Gasteiger charge is 2.04. The van der Waals surface area contributed by atoms with Crippen LogP contribution in [0.4, 0.5) is 5.69 Å². The molecule has 0 saturated heterocycles. The Morgan fingerprint density at radius 3 is 2.82 bits per heavy atom. The summed E-state index contributed by atoms with van der Waals surface area (Å²) in [5, 5.41) is 13.9. The molecule has 1 rings (SSSR count). The maximum Gasteiger partial charge on any atom is 0.269 e. The van der Waals surface area contributed by atoms with Gasteiger partial charge in [0.2, 0.25) is 0 Å². The third-order valence-corrected chi connectivity index (χ3v) is 2.41. The predicted octanol–water partition coefficient (Wildman–Crippen LogP) is 1.64. The molecule has 0 aliphatic rings. The first-order valence-electron chi connectivity index (χ1n) is 5.68. The Bertz CT molecular complexity index is 367. The Labute approximate surface area is 102 Å². The van der Waals surface area contributed by atoms with Gasteiger partial charge in [-0.25, -0.2) is 0 Å². The van der Waals surface area contributed by atoms with E-state index in [4.69, 9.17) is 0 Å². The fraction of sp³-hybridized carbons (Fsp3) is 0.500. The standard InChI is InChI=1S/C12H19N3O2/c1-14(2)8-4-7-13-10-11-5-3-6-12(9-11)15(16)17/h3,5-6,9,13H,4,7-8,10H2,1-2H3. The average molecular weight is 237 g/mol. The zero-order valence-corrected chi connectivity index (χ0v) is 10.3. The van der Waals surface area contributed by atoms with Crippen LogP contribution >= 0.6 is 0 Å². The summed E-state index contributed by atoms with van der Waals surface area (Å²) in [6.45, 7) is 2.64. The normalized spacial score (nSPS) is 10.8. The van der Waals surface area contributed by atoms with Crippen LogP contribution in [0.5, 0.6) is 0 Å². The van der Waals surface area contributed by atoms with Gasteiger partial charge in [-0.05, 0) is 39.2 Å². The van der Waals surface area contributed by atoms with Gasteiger partial charge >= 0.3 is 0 Å². The minimum atomic E-state index is -0.366. The van der Waals surface area contributed by atoms with Crippen molar-refractivity contribution in [1.82, 2.24) is 10.2 Å². The molecule has 1 N–H and O–H groups in total. The molecule has 0 amide bonds. The minimum absolute atomic E-state index is 0.151. The third kappa shape index (κ3) is 5.42. The molecule has 0 heterocycles. The summed E-state index contributed by atoms with van der Waals surface area (Å²) in [5.74, 6) is 0. The first-order chi connectivity index (χ1) is 8.09. The quantitative estimate of drug-likeness (QED) is 0.445. The second kappa shape index (κ2) is 6.98. The Morgan fingerprint density at radius 1 is 1.41 bits per heavy atom. The van der Waals surface area contributed by atoms with E-state index >= 15 is 0 Å². The van der Waals surface area contributed by atoms with E-state index in [1.807, 2.05) is 20.2 Å². The zero-order valence-electron chi connectivity index (χ0n) is 10.3. The third-order valence-electron chi connectivity index (χ3n) is 2.41. The second-order valence-electron chi connectivity index (χ2n) is 4.26. The Hall–Kier alpha value is -1.46. The summed E-state index contributed by atoms with van der Waals surface area (Å²) in [6.07, 6.45) is 1.07. The summed E-state index contributed by atoms with van der Waals surface area (Å²) in [4.78, 5) is 12.4. The second-order valence-corrected chi connectivity index (χ2v) is 4.26. The predicted molar refractivity (Wildman–Crippen MR) is 68.0 cm³/mol. The van der Waals surface area contributed by atoms with Gasteiger partial charge in [0.15, 0.2) is 0 Å². The van der Waals surface area contributed by atoms with Crippen molar-refractivity contribution in [3.05, 3.63) is 39.9 Å². The largest absolute Gasteiger partial charge is 0.313 e. The molecule has 0 fully saturated rings. The van der Waals surface area contributed by atoms with Gasteiger partial charge < -0.3 is 10.2 Å². The van der Waals surface area contributed by atoms with Crippen LogP contribution in [-0.2, 0) is 6.54 Å². The molecule has 94 valence electrons. The molecular formula is C12H19N3O2. The molecule has 5 nitrogen and oxygen atoms in total. The molecular weight excluding hydrogens is 218 g/mol. The number of non-ortho nitro benzene ring substituents is 1. The van der Waals surface area contributed by atoms with Crippen LogP contribution in [-0.4, -0.2) is 37.0 Å². The first-order valence-corrected chi connectivity index (χ1v) is 5.68. The molecule has 0 aliphatic carbocycles. The Balaban J connectivity index is 2.31. The highest BCUT2D eigenvalue weighted by atomic mass is 16.6. The van der Waals surface area contributed by atoms with E-state index in [9.17, 15) is 10.1 Å². The van der Waals surface area contributed by atoms with Crippen LogP contribution in [0.2, 0.25) is 0 Å². The van der Waals surface area contributed by atoms with E-state index in [1.165, 1.54) is 6.07 Å². The molecule has 0 saturated carbocycles. The van der Waals surface area contributed by atoms with Crippen molar-refractivity contribution in [1.29, 1.82) is 0 Å². The molecule has 0 unspecified atom stereocenters. The van der Waals surface area contributed by atoms with E-state index in [0.717, 1.165) is 25.1 Å². The molecule has 17 heavy (non-hydrogen) atoms. The SMILES string of the molecule is CN(C)CCCNCc1cccc([N+](=O)[O-])c1. The summed E-state index contributed by atoms with van der Waals surface area (Å²) in [5.41, 5.74) is 1.10. The van der Waals surface area contributed by atoms with Crippen molar-refractivity contribution in [2.45, 2.75) is 13.0 Å². The summed E-state index contributed by atoms with van der Waals surface area (Å²) < 4.78 is 0. The maximum atomic E-state index is 10.6. The van der Waals surface area contributed by atoms with Crippen LogP contribution in [0.25, 0.3) is 0 Å². The maximum absolute atomic E-state index is 10.6. The van der Waals surface area contributed by atoms with Gasteiger partial charge in [-0.15, -0.1) is 0 Å². The Morgan fingerprint density at radius 2 is 2.18 bits per heavy atom. The van der Waals surface area contributed by atoms with E-state index < -0.39 is 0 Å². The van der Waals surface area contributed by atoms with Gasteiger partial charge in [0.1, 0.15) is 0 Å². The van der Waals surface area contributed by atoms with Gasteiger partial charge in [-0.3, -0.25) is 10.1 Å². The number of nitrogens with zero attached hydrogens (tertiary/aromatic N) is 2. The minimum Gasteiger partial charge on any atom is -0.313 e. The van der Waals surface area contributed by atoms with Gasteiger partial charge in [-0.1, -0.05) is 12.1 Å². The number of rotatable bonds is 7. The van der Waals surface area contributed by atoms with Crippen LogP contribution in [0.1, 0.15) is 12.0 Å². The molecule has 0 atom stereocenters. The van der Waals surface area contributed by atoms with Crippen molar-refractivity contribution >= 4 is 5.69 Å². The van der Waals surface area contributed by atoms with E-state index in [0.29, 0.717) is 6.54 Å². The fourth-order valence-corrected chi connectivity index (χ4v) is 1.53. The number of benzene rings is 1. The lowest BCUT2D eigenvalue weighted by atomic mass is 10.2. The number of hydrogen-bond donors (Lipinski definition) is 1. The van der Waals surface area contributed by atoms with Crippen molar-refractivity contribution in [2.75, 3.05) is 27.2 Å². The highest BCUT2D eigenvalue weighted by Crippen LogP contribution is 2.12. The number of nitrogens with one attached hydrogen (secondary N) is 1. The molecule has 0 spiro atoms. The van der Waals surface area contributed by atoms with Gasteiger partial charge in [0.05, 0.1) is 4.92 Å². The van der Waals surface area contributed by atoms with Gasteiger partial charge in [-0.2, -0.15) is 0 Å². The van der Waals surface area contributed by atoms with Crippen molar-refractivity contribution in [3.63, 3.8) is 0 Å². The Kier molecular flexibility index (Phi) is 5.59. The number of nitro groups is 1. The number of hydrogen-bond acceptors (Lipinski definition) is 4. The zero-order chi connectivity index (χ0) is 12.7. The van der Waals surface area contributed by atoms with Crippen molar-refractivity contribution < 1.29 is 4.92 Å². The van der Waals surface area contributed by atoms with Crippen LogP contribution in [0.3, 0.4) is 0 Å². The molecule has 0 radical (unpaired) electrons. The molecule has 1 aromatic rings. The van der Waals surface area contributed by atoms with E-state index in [-0.39, 0.29) is 10.6 Å². The lowest BCUT2D eigenvalue weighted by Crippen LogP contribution is -2.21. The van der Waals surface area contributed by atoms with Crippen molar-refractivity contribution in [3.8, 4) is 0 Å². The lowest BCUT2D eigenvalue weighted by Gasteiger charge is -2.09. The van der Waals surface area contributed by atoms with Crippen LogP contribution in [0.15, 0.2) is 24.3 Å². The van der Waals surface area contributed by atoms with Crippen LogP contribution in [0, 0.1) is 10.1 Å². The summed E-state index contributed by atoms with van der Waals surface area (Å²) in [7, 11) is 4.08. The topological polar surface area (TPSA) is 58.4 Å². The summed E-state index contributed by atoms with van der Waals surface area (Å²) in [6, 6.07) is 6.73. The lowest BCUT2D eigenvalue weighted by molar-refractivity contribution is -0.384. The highest BCUT2D eigenvalue weighted by molar-refractivity contribution is 5.34.